The molecule has 0 spiro atoms. The highest BCUT2D eigenvalue weighted by Gasteiger charge is 2.19. The molecule has 90 valence electrons. The molecule has 0 saturated heterocycles. The Kier molecular flexibility index (Phi) is 4.04. The molecule has 17 heavy (non-hydrogen) atoms. The van der Waals surface area contributed by atoms with Crippen molar-refractivity contribution in [2.75, 3.05) is 18.1 Å². The van der Waals surface area contributed by atoms with Crippen molar-refractivity contribution in [3.63, 3.8) is 0 Å². The van der Waals surface area contributed by atoms with Gasteiger partial charge >= 0.3 is 11.6 Å². The minimum atomic E-state index is -0.781. The van der Waals surface area contributed by atoms with Crippen molar-refractivity contribution >= 4 is 17.3 Å². The van der Waals surface area contributed by atoms with Crippen molar-refractivity contribution in [3.8, 4) is 0 Å². The first-order valence-electron chi connectivity index (χ1n) is 4.74. The number of anilines is 2. The third kappa shape index (κ3) is 3.20. The van der Waals surface area contributed by atoms with Gasteiger partial charge in [-0.2, -0.15) is 0 Å². The van der Waals surface area contributed by atoms with Gasteiger partial charge in [-0.15, -0.1) is 0 Å². The van der Waals surface area contributed by atoms with Crippen LogP contribution in [0.15, 0.2) is 36.2 Å². The molecule has 0 atom stereocenters. The lowest BCUT2D eigenvalue weighted by molar-refractivity contribution is -0.419. The number of nitrogen functional groups attached to an aromatic ring is 1. The monoisotopic (exact) mass is 236 g/mol. The van der Waals surface area contributed by atoms with Crippen LogP contribution in [0.2, 0.25) is 0 Å². The number of nitrogens with zero attached hydrogens (tertiary/aromatic N) is 1. The van der Waals surface area contributed by atoms with Gasteiger partial charge in [0.15, 0.2) is 0 Å². The van der Waals surface area contributed by atoms with Crippen LogP contribution < -0.4 is 16.4 Å². The third-order valence-electron chi connectivity index (χ3n) is 1.98. The Labute approximate surface area is 97.5 Å². The fourth-order valence-corrected chi connectivity index (χ4v) is 1.10. The first-order chi connectivity index (χ1) is 8.06. The summed E-state index contributed by atoms with van der Waals surface area (Å²) < 4.78 is 0. The topological polar surface area (TPSA) is 110 Å². The average molecular weight is 236 g/mol. The van der Waals surface area contributed by atoms with E-state index < -0.39 is 16.5 Å². The average Bonchev–Trinajstić information content (AvgIpc) is 2.30. The van der Waals surface area contributed by atoms with E-state index in [2.05, 4.69) is 10.6 Å². The van der Waals surface area contributed by atoms with Crippen LogP contribution in [0, 0.1) is 10.1 Å². The Bertz CT molecular complexity index is 470. The van der Waals surface area contributed by atoms with Crippen LogP contribution in [0.4, 0.5) is 11.4 Å². The highest BCUT2D eigenvalue weighted by atomic mass is 16.6. The molecular weight excluding hydrogens is 224 g/mol. The van der Waals surface area contributed by atoms with Gasteiger partial charge in [0.1, 0.15) is 0 Å². The van der Waals surface area contributed by atoms with Crippen molar-refractivity contribution in [1.82, 2.24) is 5.32 Å². The number of carbonyl (C=O) groups excluding carboxylic acids is 1. The maximum Gasteiger partial charge on any atom is 0.349 e. The van der Waals surface area contributed by atoms with Gasteiger partial charge in [0.25, 0.3) is 0 Å². The molecule has 0 bridgehead atoms. The van der Waals surface area contributed by atoms with Crippen LogP contribution in [0.3, 0.4) is 0 Å². The Morgan fingerprint density at radius 1 is 1.47 bits per heavy atom. The Hall–Kier alpha value is -2.57. The lowest BCUT2D eigenvalue weighted by atomic mass is 10.3. The molecule has 0 aliphatic rings. The SMILES string of the molecule is CNC(=O)/C(=C\Nc1ccccc1N)[N+](=O)[O-]. The van der Waals surface area contributed by atoms with Crippen LogP contribution >= 0.6 is 0 Å². The van der Waals surface area contributed by atoms with Crippen molar-refractivity contribution in [1.29, 1.82) is 0 Å². The largest absolute Gasteiger partial charge is 0.397 e. The van der Waals surface area contributed by atoms with Crippen LogP contribution in [-0.2, 0) is 4.79 Å². The number of nitro groups is 1. The van der Waals surface area contributed by atoms with Crippen LogP contribution in [-0.4, -0.2) is 17.9 Å². The number of benzene rings is 1. The first kappa shape index (κ1) is 12.5. The van der Waals surface area contributed by atoms with Gasteiger partial charge in [0.05, 0.1) is 22.5 Å². The van der Waals surface area contributed by atoms with Crippen molar-refractivity contribution in [3.05, 3.63) is 46.3 Å². The number of nitrogens with two attached hydrogens (primary N) is 1. The number of likely N-dealkylation sites (N-methyl/N-ethyl adjacent to an activating group) is 1. The first-order valence-corrected chi connectivity index (χ1v) is 4.74. The van der Waals surface area contributed by atoms with Crippen LogP contribution in [0.5, 0.6) is 0 Å². The van der Waals surface area contributed by atoms with Crippen LogP contribution in [0.1, 0.15) is 0 Å². The number of carbonyl (C=O) groups is 1. The summed E-state index contributed by atoms with van der Waals surface area (Å²) >= 11 is 0. The summed E-state index contributed by atoms with van der Waals surface area (Å²) in [7, 11) is 1.32. The molecule has 1 aromatic carbocycles. The molecule has 0 radical (unpaired) electrons. The van der Waals surface area contributed by atoms with E-state index in [0.29, 0.717) is 11.4 Å². The standard InChI is InChI=1S/C10H12N4O3/c1-12-10(15)9(14(16)17)6-13-8-5-3-2-4-7(8)11/h2-6,13H,11H2,1H3,(H,12,15)/b9-6+. The third-order valence-corrected chi connectivity index (χ3v) is 1.98. The van der Waals surface area contributed by atoms with Gasteiger partial charge in [0, 0.05) is 7.05 Å². The van der Waals surface area contributed by atoms with E-state index in [9.17, 15) is 14.9 Å². The van der Waals surface area contributed by atoms with Gasteiger partial charge in [-0.05, 0) is 12.1 Å². The maximum atomic E-state index is 11.2. The molecule has 0 unspecified atom stereocenters. The zero-order valence-corrected chi connectivity index (χ0v) is 9.14. The van der Waals surface area contributed by atoms with E-state index in [-0.39, 0.29) is 0 Å². The number of para-hydroxylation sites is 2. The molecule has 0 aliphatic carbocycles. The molecule has 4 N–H and O–H groups in total. The fraction of sp³-hybridized carbons (Fsp3) is 0.100. The molecule has 0 fully saturated rings. The zero-order valence-electron chi connectivity index (χ0n) is 9.14. The van der Waals surface area contributed by atoms with E-state index in [1.807, 2.05) is 0 Å². The lowest BCUT2D eigenvalue weighted by Crippen LogP contribution is -2.25. The molecule has 1 rings (SSSR count). The second-order valence-corrected chi connectivity index (χ2v) is 3.10. The van der Waals surface area contributed by atoms with Gasteiger partial charge in [-0.25, -0.2) is 0 Å². The molecule has 0 aliphatic heterocycles. The van der Waals surface area contributed by atoms with Crippen molar-refractivity contribution in [2.24, 2.45) is 0 Å². The Morgan fingerprint density at radius 2 is 2.12 bits per heavy atom. The minimum Gasteiger partial charge on any atom is -0.397 e. The summed E-state index contributed by atoms with van der Waals surface area (Å²) in [6, 6.07) is 6.74. The molecule has 7 nitrogen and oxygen atoms in total. The van der Waals surface area contributed by atoms with Gasteiger partial charge in [0.2, 0.25) is 0 Å². The number of amides is 1. The van der Waals surface area contributed by atoms with Crippen LogP contribution in [0.25, 0.3) is 0 Å². The second kappa shape index (κ2) is 5.50. The molecule has 1 amide bonds. The maximum absolute atomic E-state index is 11.2. The van der Waals surface area contributed by atoms with Crippen molar-refractivity contribution in [2.45, 2.75) is 0 Å². The number of nitrogens with one attached hydrogen (secondary N) is 2. The normalized spacial score (nSPS) is 10.8. The Balaban J connectivity index is 2.91. The van der Waals surface area contributed by atoms with E-state index >= 15 is 0 Å². The lowest BCUT2D eigenvalue weighted by Gasteiger charge is -2.04. The molecule has 0 saturated carbocycles. The van der Waals surface area contributed by atoms with Gasteiger partial charge in [-0.3, -0.25) is 14.9 Å². The second-order valence-electron chi connectivity index (χ2n) is 3.10. The Morgan fingerprint density at radius 3 is 2.65 bits per heavy atom. The van der Waals surface area contributed by atoms with Gasteiger partial charge < -0.3 is 16.4 Å². The van der Waals surface area contributed by atoms with E-state index in [1.165, 1.54) is 7.05 Å². The molecule has 0 heterocycles. The summed E-state index contributed by atoms with van der Waals surface area (Å²) in [5.41, 5.74) is 5.97. The van der Waals surface area contributed by atoms with Crippen molar-refractivity contribution < 1.29 is 9.72 Å². The van der Waals surface area contributed by atoms with E-state index in [0.717, 1.165) is 6.20 Å². The number of rotatable bonds is 4. The smallest absolute Gasteiger partial charge is 0.349 e. The van der Waals surface area contributed by atoms with E-state index in [1.54, 1.807) is 24.3 Å². The molecule has 1 aromatic rings. The minimum absolute atomic E-state index is 0.434. The number of hydrogen-bond donors (Lipinski definition) is 3. The molecular formula is C10H12N4O3. The number of hydrogen-bond acceptors (Lipinski definition) is 5. The summed E-state index contributed by atoms with van der Waals surface area (Å²) in [4.78, 5) is 21.0. The molecule has 0 aromatic heterocycles. The fourth-order valence-electron chi connectivity index (χ4n) is 1.10. The summed E-state index contributed by atoms with van der Waals surface area (Å²) in [5, 5.41) is 15.4. The predicted octanol–water partition coefficient (Wildman–Crippen LogP) is 0.545. The molecule has 7 heteroatoms. The van der Waals surface area contributed by atoms with Gasteiger partial charge in [-0.1, -0.05) is 12.1 Å². The summed E-state index contributed by atoms with van der Waals surface area (Å²) in [5.74, 6) is -0.781. The predicted molar refractivity (Wildman–Crippen MR) is 63.6 cm³/mol. The zero-order chi connectivity index (χ0) is 12.8. The summed E-state index contributed by atoms with van der Waals surface area (Å²) in [6.45, 7) is 0. The quantitative estimate of drug-likeness (QED) is 0.306. The van der Waals surface area contributed by atoms with E-state index in [4.69, 9.17) is 5.73 Å². The summed E-state index contributed by atoms with van der Waals surface area (Å²) in [6.07, 6.45) is 1.00. The highest BCUT2D eigenvalue weighted by molar-refractivity contribution is 5.91. The highest BCUT2D eigenvalue weighted by Crippen LogP contribution is 2.16.